The number of ether oxygens (including phenoxy) is 2. The molecule has 1 saturated heterocycles. The summed E-state index contributed by atoms with van der Waals surface area (Å²) in [6.45, 7) is 3.63. The van der Waals surface area contributed by atoms with E-state index in [-0.39, 0.29) is 13.0 Å². The average molecular weight is 282 g/mol. The zero-order chi connectivity index (χ0) is 14.7. The SMILES string of the molecule is CC=COC[C@H]1O[C@@H](n2cc(C)c(=O)[nH]c2=O)C[C@@H]1O. The molecule has 0 unspecified atom stereocenters. The minimum Gasteiger partial charge on any atom is -0.499 e. The number of aromatic nitrogens is 2. The van der Waals surface area contributed by atoms with E-state index >= 15 is 0 Å². The van der Waals surface area contributed by atoms with Gasteiger partial charge in [-0.3, -0.25) is 14.3 Å². The minimum atomic E-state index is -0.718. The van der Waals surface area contributed by atoms with Gasteiger partial charge in [0.25, 0.3) is 5.56 Å². The molecular weight excluding hydrogens is 264 g/mol. The fourth-order valence-corrected chi connectivity index (χ4v) is 2.08. The Morgan fingerprint density at radius 3 is 3.05 bits per heavy atom. The first kappa shape index (κ1) is 14.5. The van der Waals surface area contributed by atoms with Crippen LogP contribution < -0.4 is 11.2 Å². The molecular formula is C13H18N2O5. The van der Waals surface area contributed by atoms with Gasteiger partial charge in [-0.1, -0.05) is 6.08 Å². The van der Waals surface area contributed by atoms with Gasteiger partial charge >= 0.3 is 5.69 Å². The van der Waals surface area contributed by atoms with Gasteiger partial charge in [0.05, 0.1) is 12.4 Å². The zero-order valence-corrected chi connectivity index (χ0v) is 11.4. The molecule has 0 radical (unpaired) electrons. The van der Waals surface area contributed by atoms with Crippen LogP contribution in [0.25, 0.3) is 0 Å². The fraction of sp³-hybridized carbons (Fsp3) is 0.538. The second-order valence-electron chi connectivity index (χ2n) is 4.71. The zero-order valence-electron chi connectivity index (χ0n) is 11.4. The highest BCUT2D eigenvalue weighted by atomic mass is 16.6. The Balaban J connectivity index is 2.14. The number of hydrogen-bond acceptors (Lipinski definition) is 5. The van der Waals surface area contributed by atoms with E-state index in [1.54, 1.807) is 13.0 Å². The molecule has 7 nitrogen and oxygen atoms in total. The molecule has 0 amide bonds. The van der Waals surface area contributed by atoms with Crippen LogP contribution in [0, 0.1) is 6.92 Å². The second kappa shape index (κ2) is 6.06. The summed E-state index contributed by atoms with van der Waals surface area (Å²) >= 11 is 0. The van der Waals surface area contributed by atoms with E-state index in [1.165, 1.54) is 17.0 Å². The predicted octanol–water partition coefficient (Wildman–Crippen LogP) is 0.0436. The molecule has 0 aliphatic carbocycles. The van der Waals surface area contributed by atoms with Gasteiger partial charge in [-0.05, 0) is 13.8 Å². The average Bonchev–Trinajstić information content (AvgIpc) is 2.76. The number of allylic oxidation sites excluding steroid dienone is 1. The van der Waals surface area contributed by atoms with Gasteiger partial charge in [0.2, 0.25) is 0 Å². The van der Waals surface area contributed by atoms with Crippen LogP contribution in [0.1, 0.15) is 25.1 Å². The summed E-state index contributed by atoms with van der Waals surface area (Å²) in [6.07, 6.45) is 3.13. The Morgan fingerprint density at radius 2 is 2.35 bits per heavy atom. The number of aliphatic hydroxyl groups excluding tert-OH is 1. The predicted molar refractivity (Wildman–Crippen MR) is 71.4 cm³/mol. The minimum absolute atomic E-state index is 0.207. The van der Waals surface area contributed by atoms with Crippen LogP contribution in [0.15, 0.2) is 28.1 Å². The van der Waals surface area contributed by atoms with Crippen LogP contribution in [0.5, 0.6) is 0 Å². The summed E-state index contributed by atoms with van der Waals surface area (Å²) in [5, 5.41) is 9.92. The third kappa shape index (κ3) is 3.00. The third-order valence-electron chi connectivity index (χ3n) is 3.15. The maximum Gasteiger partial charge on any atom is 0.330 e. The van der Waals surface area contributed by atoms with Gasteiger partial charge in [-0.2, -0.15) is 0 Å². The van der Waals surface area contributed by atoms with Gasteiger partial charge in [0, 0.05) is 18.2 Å². The molecule has 2 rings (SSSR count). The van der Waals surface area contributed by atoms with Crippen molar-refractivity contribution in [2.45, 2.75) is 38.7 Å². The molecule has 20 heavy (non-hydrogen) atoms. The Hall–Kier alpha value is -1.86. The first-order valence-electron chi connectivity index (χ1n) is 6.41. The number of aryl methyl sites for hydroxylation is 1. The van der Waals surface area contributed by atoms with E-state index in [1.807, 2.05) is 6.92 Å². The summed E-state index contributed by atoms with van der Waals surface area (Å²) in [5.41, 5.74) is -0.554. The van der Waals surface area contributed by atoms with Gasteiger partial charge in [-0.15, -0.1) is 0 Å². The van der Waals surface area contributed by atoms with Crippen LogP contribution in [0.4, 0.5) is 0 Å². The van der Waals surface area contributed by atoms with Crippen molar-refractivity contribution in [2.24, 2.45) is 0 Å². The second-order valence-corrected chi connectivity index (χ2v) is 4.71. The molecule has 7 heteroatoms. The van der Waals surface area contributed by atoms with Crippen LogP contribution in [0.2, 0.25) is 0 Å². The first-order chi connectivity index (χ1) is 9.52. The van der Waals surface area contributed by atoms with Crippen LogP contribution in [-0.4, -0.2) is 33.5 Å². The van der Waals surface area contributed by atoms with Crippen molar-refractivity contribution in [1.82, 2.24) is 9.55 Å². The Kier molecular flexibility index (Phi) is 4.41. The van der Waals surface area contributed by atoms with Gasteiger partial charge in [-0.25, -0.2) is 4.79 Å². The number of aliphatic hydroxyl groups is 1. The summed E-state index contributed by atoms with van der Waals surface area (Å²) in [6, 6.07) is 0. The van der Waals surface area contributed by atoms with Crippen molar-refractivity contribution in [2.75, 3.05) is 6.61 Å². The molecule has 110 valence electrons. The Labute approximate surface area is 115 Å². The molecule has 0 saturated carbocycles. The van der Waals surface area contributed by atoms with Crippen molar-refractivity contribution >= 4 is 0 Å². The van der Waals surface area contributed by atoms with Crippen molar-refractivity contribution in [1.29, 1.82) is 0 Å². The van der Waals surface area contributed by atoms with E-state index < -0.39 is 29.7 Å². The summed E-state index contributed by atoms with van der Waals surface area (Å²) < 4.78 is 12.1. The van der Waals surface area contributed by atoms with Crippen molar-refractivity contribution in [3.63, 3.8) is 0 Å². The van der Waals surface area contributed by atoms with Gasteiger partial charge in [0.1, 0.15) is 18.9 Å². The van der Waals surface area contributed by atoms with E-state index in [2.05, 4.69) is 4.98 Å². The lowest BCUT2D eigenvalue weighted by Crippen LogP contribution is -2.33. The van der Waals surface area contributed by atoms with Crippen molar-refractivity contribution < 1.29 is 14.6 Å². The smallest absolute Gasteiger partial charge is 0.330 e. The molecule has 0 aromatic carbocycles. The molecule has 0 spiro atoms. The maximum atomic E-state index is 11.8. The van der Waals surface area contributed by atoms with E-state index in [4.69, 9.17) is 9.47 Å². The van der Waals surface area contributed by atoms with E-state index in [0.29, 0.717) is 5.56 Å². The first-order valence-corrected chi connectivity index (χ1v) is 6.41. The molecule has 3 atom stereocenters. The summed E-state index contributed by atoms with van der Waals surface area (Å²) in [5.74, 6) is 0. The molecule has 2 heterocycles. The number of nitrogens with zero attached hydrogens (tertiary/aromatic N) is 1. The van der Waals surface area contributed by atoms with Gasteiger partial charge in [0.15, 0.2) is 0 Å². The molecule has 1 aromatic rings. The highest BCUT2D eigenvalue weighted by molar-refractivity contribution is 5.02. The molecule has 1 aromatic heterocycles. The van der Waals surface area contributed by atoms with Crippen LogP contribution >= 0.6 is 0 Å². The van der Waals surface area contributed by atoms with Crippen LogP contribution in [0.3, 0.4) is 0 Å². The largest absolute Gasteiger partial charge is 0.499 e. The molecule has 2 N–H and O–H groups in total. The number of aromatic amines is 1. The highest BCUT2D eigenvalue weighted by Crippen LogP contribution is 2.27. The van der Waals surface area contributed by atoms with E-state index in [9.17, 15) is 14.7 Å². The molecule has 1 aliphatic heterocycles. The topological polar surface area (TPSA) is 93.5 Å². The fourth-order valence-electron chi connectivity index (χ4n) is 2.08. The lowest BCUT2D eigenvalue weighted by Gasteiger charge is -2.15. The standard InChI is InChI=1S/C13H18N2O5/c1-3-4-19-7-10-9(16)5-11(20-10)15-6-8(2)12(17)14-13(15)18/h3-4,6,9-11,16H,5,7H2,1-2H3,(H,14,17,18)/t9-,10+,11+/m0/s1. The number of rotatable bonds is 4. The maximum absolute atomic E-state index is 11.8. The van der Waals surface area contributed by atoms with Crippen molar-refractivity contribution in [3.05, 3.63) is 44.9 Å². The van der Waals surface area contributed by atoms with E-state index in [0.717, 1.165) is 0 Å². The Morgan fingerprint density at radius 1 is 1.60 bits per heavy atom. The number of nitrogens with one attached hydrogen (secondary N) is 1. The molecule has 1 aliphatic rings. The number of H-pyrrole nitrogens is 1. The molecule has 0 bridgehead atoms. The lowest BCUT2D eigenvalue weighted by molar-refractivity contribution is -0.0486. The highest BCUT2D eigenvalue weighted by Gasteiger charge is 2.35. The molecule has 1 fully saturated rings. The quantitative estimate of drug-likeness (QED) is 0.761. The monoisotopic (exact) mass is 282 g/mol. The summed E-state index contributed by atoms with van der Waals surface area (Å²) in [4.78, 5) is 25.3. The number of hydrogen-bond donors (Lipinski definition) is 2. The van der Waals surface area contributed by atoms with Gasteiger partial charge < -0.3 is 14.6 Å². The third-order valence-corrected chi connectivity index (χ3v) is 3.15. The normalized spacial score (nSPS) is 26.2. The van der Waals surface area contributed by atoms with Crippen molar-refractivity contribution in [3.8, 4) is 0 Å². The van der Waals surface area contributed by atoms with Crippen LogP contribution in [-0.2, 0) is 9.47 Å². The summed E-state index contributed by atoms with van der Waals surface area (Å²) in [7, 11) is 0. The Bertz CT molecular complexity index is 604. The lowest BCUT2D eigenvalue weighted by atomic mass is 10.2.